The van der Waals surface area contributed by atoms with Crippen LogP contribution in [0.2, 0.25) is 0 Å². The van der Waals surface area contributed by atoms with Gasteiger partial charge >= 0.3 is 0 Å². The van der Waals surface area contributed by atoms with E-state index in [1.54, 1.807) is 0 Å². The Morgan fingerprint density at radius 3 is 2.57 bits per heavy atom. The molecule has 4 rings (SSSR count). The monoisotopic (exact) mass is 418 g/mol. The lowest BCUT2D eigenvalue weighted by atomic mass is 9.46. The highest BCUT2D eigenvalue weighted by atomic mass is 16.3. The molecule has 0 aromatic carbocycles. The molecule has 0 heterocycles. The van der Waals surface area contributed by atoms with Crippen molar-refractivity contribution in [3.8, 4) is 0 Å². The lowest BCUT2D eigenvalue weighted by Crippen LogP contribution is -2.55. The largest absolute Gasteiger partial charge is 0.393 e. The normalized spacial score (nSPS) is 47.1. The summed E-state index contributed by atoms with van der Waals surface area (Å²) in [5.74, 6) is 3.55. The van der Waals surface area contributed by atoms with Gasteiger partial charge in [-0.1, -0.05) is 45.3 Å². The Bertz CT molecular complexity index is 664. The van der Waals surface area contributed by atoms with Crippen LogP contribution in [-0.4, -0.2) is 33.1 Å². The first-order valence-electron chi connectivity index (χ1n) is 12.7. The first-order chi connectivity index (χ1) is 14.0. The summed E-state index contributed by atoms with van der Waals surface area (Å²) in [6.45, 7) is 11.2. The minimum absolute atomic E-state index is 0.125. The molecule has 0 aromatic rings. The highest BCUT2D eigenvalue weighted by molar-refractivity contribution is 5.27. The predicted octanol–water partition coefficient (Wildman–Crippen LogP) is 5.47. The summed E-state index contributed by atoms with van der Waals surface area (Å²) in [6, 6.07) is 0. The van der Waals surface area contributed by atoms with E-state index in [1.165, 1.54) is 37.7 Å². The van der Waals surface area contributed by atoms with Gasteiger partial charge in [0.25, 0.3) is 0 Å². The zero-order valence-electron chi connectivity index (χ0n) is 20.0. The van der Waals surface area contributed by atoms with E-state index >= 15 is 0 Å². The number of fused-ring (bicyclic) bond motifs is 5. The van der Waals surface area contributed by atoms with Crippen LogP contribution in [0.25, 0.3) is 0 Å². The van der Waals surface area contributed by atoms with Crippen molar-refractivity contribution < 1.29 is 15.3 Å². The summed E-state index contributed by atoms with van der Waals surface area (Å²) >= 11 is 0. The van der Waals surface area contributed by atoms with E-state index in [1.807, 2.05) is 13.8 Å². The number of allylic oxidation sites excluding steroid dienone is 1. The zero-order chi connectivity index (χ0) is 21.9. The molecule has 0 aliphatic heterocycles. The fourth-order valence-electron chi connectivity index (χ4n) is 8.73. The third-order valence-electron chi connectivity index (χ3n) is 10.4. The molecule has 3 fully saturated rings. The minimum Gasteiger partial charge on any atom is -0.393 e. The van der Waals surface area contributed by atoms with Crippen LogP contribution in [0.5, 0.6) is 0 Å². The fraction of sp³-hybridized carbons (Fsp3) is 0.926. The molecule has 4 aliphatic carbocycles. The van der Waals surface area contributed by atoms with E-state index in [0.29, 0.717) is 23.7 Å². The molecule has 3 heteroatoms. The second kappa shape index (κ2) is 7.89. The maximum absolute atomic E-state index is 11.1. The smallest absolute Gasteiger partial charge is 0.0658 e. The van der Waals surface area contributed by atoms with Gasteiger partial charge in [0.1, 0.15) is 0 Å². The Balaban J connectivity index is 1.50. The molecule has 172 valence electrons. The third kappa shape index (κ3) is 3.71. The van der Waals surface area contributed by atoms with E-state index in [9.17, 15) is 15.3 Å². The second-order valence-corrected chi connectivity index (χ2v) is 12.6. The Hall–Kier alpha value is -0.380. The van der Waals surface area contributed by atoms with E-state index < -0.39 is 11.7 Å². The van der Waals surface area contributed by atoms with Gasteiger partial charge in [0.15, 0.2) is 0 Å². The Morgan fingerprint density at radius 1 is 1.13 bits per heavy atom. The van der Waals surface area contributed by atoms with Gasteiger partial charge in [-0.2, -0.15) is 0 Å². The molecule has 0 aromatic heterocycles. The van der Waals surface area contributed by atoms with Gasteiger partial charge in [-0.05, 0) is 93.8 Å². The van der Waals surface area contributed by atoms with Crippen LogP contribution in [0, 0.1) is 40.4 Å². The van der Waals surface area contributed by atoms with Crippen molar-refractivity contribution in [1.82, 2.24) is 0 Å². The molecule has 3 nitrogen and oxygen atoms in total. The van der Waals surface area contributed by atoms with Crippen molar-refractivity contribution in [3.63, 3.8) is 0 Å². The third-order valence-corrected chi connectivity index (χ3v) is 10.4. The molecule has 3 saturated carbocycles. The molecular formula is C27H46O3. The van der Waals surface area contributed by atoms with Crippen molar-refractivity contribution in [3.05, 3.63) is 11.6 Å². The molecule has 30 heavy (non-hydrogen) atoms. The minimum atomic E-state index is -0.546. The van der Waals surface area contributed by atoms with Crippen molar-refractivity contribution in [1.29, 1.82) is 0 Å². The summed E-state index contributed by atoms with van der Waals surface area (Å²) in [5.41, 5.74) is 1.10. The SMILES string of the molecule is C[C@H](CCCC(C)(C)O)[C@H]1CC[C@H]2[C@@H]3CC=C4CC(O)CC(O)[C@]4(C)[C@H]3CC[C@]12C. The first-order valence-corrected chi connectivity index (χ1v) is 12.7. The summed E-state index contributed by atoms with van der Waals surface area (Å²) in [4.78, 5) is 0. The Morgan fingerprint density at radius 2 is 1.87 bits per heavy atom. The molecule has 0 bridgehead atoms. The standard InChI is InChI=1S/C27H46O3/c1-17(7-6-13-25(2,3)30)21-10-11-22-20-9-8-18-15-19(28)16-24(29)27(18,5)23(20)12-14-26(21,22)4/h8,17,19-24,28-30H,6-7,9-16H2,1-5H3/t17-,19?,20+,21-,22+,23+,24?,26-,27+/m1/s1. The summed E-state index contributed by atoms with van der Waals surface area (Å²) < 4.78 is 0. The molecule has 4 aliphatic rings. The summed E-state index contributed by atoms with van der Waals surface area (Å²) in [5, 5.41) is 31.4. The average molecular weight is 419 g/mol. The zero-order valence-corrected chi connectivity index (χ0v) is 20.0. The van der Waals surface area contributed by atoms with Crippen molar-refractivity contribution >= 4 is 0 Å². The number of rotatable bonds is 5. The van der Waals surface area contributed by atoms with Crippen LogP contribution in [0.1, 0.15) is 98.8 Å². The van der Waals surface area contributed by atoms with Crippen molar-refractivity contribution in [2.45, 2.75) is 117 Å². The van der Waals surface area contributed by atoms with Gasteiger partial charge in [-0.3, -0.25) is 0 Å². The topological polar surface area (TPSA) is 60.7 Å². The highest BCUT2D eigenvalue weighted by Gasteiger charge is 2.60. The van der Waals surface area contributed by atoms with Crippen LogP contribution >= 0.6 is 0 Å². The molecule has 0 radical (unpaired) electrons. The predicted molar refractivity (Wildman–Crippen MR) is 122 cm³/mol. The summed E-state index contributed by atoms with van der Waals surface area (Å²) in [6.07, 6.45) is 12.5. The summed E-state index contributed by atoms with van der Waals surface area (Å²) in [7, 11) is 0. The molecule has 2 unspecified atom stereocenters. The van der Waals surface area contributed by atoms with Crippen LogP contribution in [0.4, 0.5) is 0 Å². The fourth-order valence-corrected chi connectivity index (χ4v) is 8.73. The van der Waals surface area contributed by atoms with Gasteiger partial charge in [0.05, 0.1) is 17.8 Å². The Labute approximate surface area is 184 Å². The van der Waals surface area contributed by atoms with Crippen LogP contribution in [-0.2, 0) is 0 Å². The van der Waals surface area contributed by atoms with Crippen molar-refractivity contribution in [2.24, 2.45) is 40.4 Å². The van der Waals surface area contributed by atoms with E-state index in [-0.39, 0.29) is 11.5 Å². The van der Waals surface area contributed by atoms with E-state index in [4.69, 9.17) is 0 Å². The van der Waals surface area contributed by atoms with Gasteiger partial charge in [-0.15, -0.1) is 0 Å². The van der Waals surface area contributed by atoms with Gasteiger partial charge < -0.3 is 15.3 Å². The maximum atomic E-state index is 11.1. The number of aliphatic hydroxyl groups excluding tert-OH is 2. The first kappa shape index (κ1) is 22.8. The number of hydrogen-bond acceptors (Lipinski definition) is 3. The second-order valence-electron chi connectivity index (χ2n) is 12.6. The molecule has 0 spiro atoms. The average Bonchev–Trinajstić information content (AvgIpc) is 2.99. The number of aliphatic hydroxyl groups is 3. The van der Waals surface area contributed by atoms with Crippen molar-refractivity contribution in [2.75, 3.05) is 0 Å². The molecule has 0 saturated heterocycles. The maximum Gasteiger partial charge on any atom is 0.0658 e. The quantitative estimate of drug-likeness (QED) is 0.519. The van der Waals surface area contributed by atoms with Gasteiger partial charge in [-0.25, -0.2) is 0 Å². The Kier molecular flexibility index (Phi) is 5.99. The van der Waals surface area contributed by atoms with Crippen LogP contribution < -0.4 is 0 Å². The van der Waals surface area contributed by atoms with E-state index in [2.05, 4.69) is 26.8 Å². The highest BCUT2D eigenvalue weighted by Crippen LogP contribution is 2.67. The molecule has 3 N–H and O–H groups in total. The van der Waals surface area contributed by atoms with E-state index in [0.717, 1.165) is 43.4 Å². The molecule has 9 atom stereocenters. The number of hydrogen-bond donors (Lipinski definition) is 3. The lowest BCUT2D eigenvalue weighted by molar-refractivity contribution is -0.108. The van der Waals surface area contributed by atoms with Crippen LogP contribution in [0.3, 0.4) is 0 Å². The van der Waals surface area contributed by atoms with Crippen LogP contribution in [0.15, 0.2) is 11.6 Å². The molecular weight excluding hydrogens is 372 g/mol. The van der Waals surface area contributed by atoms with Gasteiger partial charge in [0, 0.05) is 11.8 Å². The molecule has 0 amide bonds. The lowest BCUT2D eigenvalue weighted by Gasteiger charge is -2.59. The van der Waals surface area contributed by atoms with Gasteiger partial charge in [0.2, 0.25) is 0 Å².